The second-order valence-electron chi connectivity index (χ2n) is 4.47. The summed E-state index contributed by atoms with van der Waals surface area (Å²) >= 11 is 0. The first-order valence-corrected chi connectivity index (χ1v) is 6.14. The Morgan fingerprint density at radius 2 is 2.05 bits per heavy atom. The molecule has 0 fully saturated rings. The van der Waals surface area contributed by atoms with E-state index in [1.807, 2.05) is 0 Å². The lowest BCUT2D eigenvalue weighted by molar-refractivity contribution is -0.140. The molecule has 0 saturated carbocycles. The van der Waals surface area contributed by atoms with Gasteiger partial charge in [0.15, 0.2) is 0 Å². The molecule has 7 heteroatoms. The Morgan fingerprint density at radius 1 is 1.40 bits per heavy atom. The zero-order chi connectivity index (χ0) is 15.3. The van der Waals surface area contributed by atoms with Crippen molar-refractivity contribution in [3.63, 3.8) is 0 Å². The van der Waals surface area contributed by atoms with Crippen LogP contribution in [-0.4, -0.2) is 18.5 Å². The summed E-state index contributed by atoms with van der Waals surface area (Å²) in [5.74, 6) is -2.42. The molecule has 0 saturated heterocycles. The standard InChI is InChI=1S/C13H16F4N2O/c1-8(4-3-7-18)19-12(20)9-5-2-6-10(11(9)14)13(15,16)17/h2,5-6,8H,3-4,7,18H2,1H3,(H,19,20). The minimum absolute atomic E-state index is 0.292. The van der Waals surface area contributed by atoms with Gasteiger partial charge in [-0.05, 0) is 38.4 Å². The van der Waals surface area contributed by atoms with E-state index in [0.29, 0.717) is 25.5 Å². The summed E-state index contributed by atoms with van der Waals surface area (Å²) in [6.07, 6.45) is -3.60. The zero-order valence-corrected chi connectivity index (χ0v) is 10.9. The minimum Gasteiger partial charge on any atom is -0.349 e. The van der Waals surface area contributed by atoms with Gasteiger partial charge >= 0.3 is 6.18 Å². The number of hydrogen-bond donors (Lipinski definition) is 2. The number of nitrogens with one attached hydrogen (secondary N) is 1. The van der Waals surface area contributed by atoms with Crippen LogP contribution in [0.5, 0.6) is 0 Å². The Hall–Kier alpha value is -1.63. The molecule has 3 nitrogen and oxygen atoms in total. The van der Waals surface area contributed by atoms with E-state index in [-0.39, 0.29) is 6.04 Å². The molecule has 20 heavy (non-hydrogen) atoms. The van der Waals surface area contributed by atoms with Crippen molar-refractivity contribution in [2.75, 3.05) is 6.54 Å². The van der Waals surface area contributed by atoms with E-state index >= 15 is 0 Å². The smallest absolute Gasteiger partial charge is 0.349 e. The molecule has 0 heterocycles. The molecule has 0 aliphatic carbocycles. The van der Waals surface area contributed by atoms with E-state index in [9.17, 15) is 22.4 Å². The van der Waals surface area contributed by atoms with Crippen LogP contribution in [0.3, 0.4) is 0 Å². The van der Waals surface area contributed by atoms with Gasteiger partial charge in [-0.15, -0.1) is 0 Å². The predicted octanol–water partition coefficient (Wildman–Crippen LogP) is 2.70. The third-order valence-corrected chi connectivity index (χ3v) is 2.77. The number of alkyl halides is 3. The molecular weight excluding hydrogens is 276 g/mol. The van der Waals surface area contributed by atoms with Gasteiger partial charge in [0.1, 0.15) is 5.82 Å². The molecule has 1 rings (SSSR count). The number of carbonyl (C=O) groups is 1. The van der Waals surface area contributed by atoms with Crippen molar-refractivity contribution in [1.82, 2.24) is 5.32 Å². The van der Waals surface area contributed by atoms with Crippen LogP contribution in [-0.2, 0) is 6.18 Å². The third-order valence-electron chi connectivity index (χ3n) is 2.77. The monoisotopic (exact) mass is 292 g/mol. The van der Waals surface area contributed by atoms with Crippen LogP contribution in [0.1, 0.15) is 35.7 Å². The first-order chi connectivity index (χ1) is 9.27. The Bertz CT molecular complexity index is 474. The molecular formula is C13H16F4N2O. The number of rotatable bonds is 5. The number of halogens is 4. The Morgan fingerprint density at radius 3 is 2.60 bits per heavy atom. The SMILES string of the molecule is CC(CCCN)NC(=O)c1cccc(C(F)(F)F)c1F. The fourth-order valence-corrected chi connectivity index (χ4v) is 1.72. The molecule has 0 spiro atoms. The highest BCUT2D eigenvalue weighted by Gasteiger charge is 2.35. The molecule has 1 atom stereocenters. The lowest BCUT2D eigenvalue weighted by Crippen LogP contribution is -2.33. The van der Waals surface area contributed by atoms with Gasteiger partial charge in [-0.1, -0.05) is 6.07 Å². The highest BCUT2D eigenvalue weighted by Crippen LogP contribution is 2.32. The molecule has 0 aliphatic rings. The maximum atomic E-state index is 13.7. The minimum atomic E-state index is -4.83. The first-order valence-electron chi connectivity index (χ1n) is 6.14. The van der Waals surface area contributed by atoms with Gasteiger partial charge in [0.25, 0.3) is 5.91 Å². The van der Waals surface area contributed by atoms with E-state index in [1.165, 1.54) is 0 Å². The normalized spacial score (nSPS) is 13.1. The maximum Gasteiger partial charge on any atom is 0.419 e. The molecule has 1 unspecified atom stereocenters. The van der Waals surface area contributed by atoms with Crippen LogP contribution in [0.25, 0.3) is 0 Å². The summed E-state index contributed by atoms with van der Waals surface area (Å²) in [5, 5.41) is 2.45. The van der Waals surface area contributed by atoms with Crippen LogP contribution in [0.15, 0.2) is 18.2 Å². The predicted molar refractivity (Wildman–Crippen MR) is 66.6 cm³/mol. The summed E-state index contributed by atoms with van der Waals surface area (Å²) < 4.78 is 51.3. The number of carbonyl (C=O) groups excluding carboxylic acids is 1. The second-order valence-corrected chi connectivity index (χ2v) is 4.47. The van der Waals surface area contributed by atoms with E-state index in [0.717, 1.165) is 12.1 Å². The number of amides is 1. The summed E-state index contributed by atoms with van der Waals surface area (Å²) in [4.78, 5) is 11.8. The zero-order valence-electron chi connectivity index (χ0n) is 10.9. The van der Waals surface area contributed by atoms with Crippen LogP contribution >= 0.6 is 0 Å². The molecule has 1 aromatic rings. The summed E-state index contributed by atoms with van der Waals surface area (Å²) in [6.45, 7) is 2.12. The molecule has 112 valence electrons. The van der Waals surface area contributed by atoms with Crippen molar-refractivity contribution in [1.29, 1.82) is 0 Å². The fraction of sp³-hybridized carbons (Fsp3) is 0.462. The number of hydrogen-bond acceptors (Lipinski definition) is 2. The quantitative estimate of drug-likeness (QED) is 0.820. The summed E-state index contributed by atoms with van der Waals surface area (Å²) in [5.41, 5.74) is 3.26. The summed E-state index contributed by atoms with van der Waals surface area (Å²) in [6, 6.07) is 2.34. The molecule has 0 bridgehead atoms. The lowest BCUT2D eigenvalue weighted by Gasteiger charge is -2.15. The molecule has 3 N–H and O–H groups in total. The van der Waals surface area contributed by atoms with Gasteiger partial charge in [0.2, 0.25) is 0 Å². The Labute approximate surface area is 114 Å². The van der Waals surface area contributed by atoms with Crippen molar-refractivity contribution in [3.8, 4) is 0 Å². The maximum absolute atomic E-state index is 13.7. The molecule has 0 aliphatic heterocycles. The largest absolute Gasteiger partial charge is 0.419 e. The van der Waals surface area contributed by atoms with Crippen LogP contribution < -0.4 is 11.1 Å². The number of nitrogens with two attached hydrogens (primary N) is 1. The van der Waals surface area contributed by atoms with E-state index in [1.54, 1.807) is 6.92 Å². The molecule has 1 amide bonds. The lowest BCUT2D eigenvalue weighted by atomic mass is 10.1. The van der Waals surface area contributed by atoms with Crippen molar-refractivity contribution in [2.24, 2.45) is 5.73 Å². The van der Waals surface area contributed by atoms with Gasteiger partial charge in [-0.25, -0.2) is 4.39 Å². The molecule has 0 aromatic heterocycles. The Kier molecular flexibility index (Phi) is 5.50. The van der Waals surface area contributed by atoms with Gasteiger partial charge in [0.05, 0.1) is 11.1 Å². The van der Waals surface area contributed by atoms with Crippen molar-refractivity contribution in [3.05, 3.63) is 35.1 Å². The summed E-state index contributed by atoms with van der Waals surface area (Å²) in [7, 11) is 0. The highest BCUT2D eigenvalue weighted by atomic mass is 19.4. The van der Waals surface area contributed by atoms with Crippen molar-refractivity contribution >= 4 is 5.91 Å². The van der Waals surface area contributed by atoms with Crippen LogP contribution in [0.4, 0.5) is 17.6 Å². The second kappa shape index (κ2) is 6.69. The van der Waals surface area contributed by atoms with Crippen LogP contribution in [0, 0.1) is 5.82 Å². The Balaban J connectivity index is 2.89. The average molecular weight is 292 g/mol. The van der Waals surface area contributed by atoms with E-state index < -0.39 is 29.0 Å². The first kappa shape index (κ1) is 16.4. The van der Waals surface area contributed by atoms with Gasteiger partial charge in [0, 0.05) is 6.04 Å². The molecule has 0 radical (unpaired) electrons. The molecule has 1 aromatic carbocycles. The van der Waals surface area contributed by atoms with Gasteiger partial charge in [-0.3, -0.25) is 4.79 Å². The number of benzene rings is 1. The van der Waals surface area contributed by atoms with Crippen molar-refractivity contribution < 1.29 is 22.4 Å². The van der Waals surface area contributed by atoms with Gasteiger partial charge in [-0.2, -0.15) is 13.2 Å². The van der Waals surface area contributed by atoms with Gasteiger partial charge < -0.3 is 11.1 Å². The third kappa shape index (κ3) is 4.19. The van der Waals surface area contributed by atoms with Crippen LogP contribution in [0.2, 0.25) is 0 Å². The van der Waals surface area contributed by atoms with E-state index in [4.69, 9.17) is 5.73 Å². The van der Waals surface area contributed by atoms with Crippen molar-refractivity contribution in [2.45, 2.75) is 32.0 Å². The highest BCUT2D eigenvalue weighted by molar-refractivity contribution is 5.94. The fourth-order valence-electron chi connectivity index (χ4n) is 1.72. The van der Waals surface area contributed by atoms with E-state index in [2.05, 4.69) is 5.32 Å². The topological polar surface area (TPSA) is 55.1 Å². The average Bonchev–Trinajstić information content (AvgIpc) is 2.35.